The molecule has 2 atom stereocenters. The van der Waals surface area contributed by atoms with Crippen LogP contribution in [0.4, 0.5) is 0 Å². The van der Waals surface area contributed by atoms with Gasteiger partial charge in [0.2, 0.25) is 0 Å². The molecule has 0 bridgehead atoms. The molecule has 1 aliphatic rings. The number of rotatable bonds is 3. The van der Waals surface area contributed by atoms with Gasteiger partial charge < -0.3 is 5.11 Å². The zero-order valence-corrected chi connectivity index (χ0v) is 12.3. The first kappa shape index (κ1) is 13.9. The molecule has 0 aromatic heterocycles. The minimum atomic E-state index is -0.371. The molecule has 2 nitrogen and oxygen atoms in total. The van der Waals surface area contributed by atoms with E-state index in [1.54, 1.807) is 0 Å². The Balaban J connectivity index is 2.10. The predicted octanol–water partition coefficient (Wildman–Crippen LogP) is 2.89. The number of aliphatic hydroxyl groups excluding tert-OH is 1. The highest BCUT2D eigenvalue weighted by Gasteiger charge is 2.27. The van der Waals surface area contributed by atoms with E-state index in [2.05, 4.69) is 50.1 Å². The summed E-state index contributed by atoms with van der Waals surface area (Å²) in [5.41, 5.74) is 2.37. The van der Waals surface area contributed by atoms with E-state index >= 15 is 0 Å². The van der Waals surface area contributed by atoms with Gasteiger partial charge in [-0.05, 0) is 24.1 Å². The highest BCUT2D eigenvalue weighted by Crippen LogP contribution is 2.27. The normalized spacial score (nSPS) is 23.3. The van der Waals surface area contributed by atoms with E-state index in [0.717, 1.165) is 17.9 Å². The Labute approximate surface area is 114 Å². The molecule has 1 fully saturated rings. The largest absolute Gasteiger partial charge is 0.387 e. The molecule has 0 spiro atoms. The molecule has 1 N–H and O–H groups in total. The van der Waals surface area contributed by atoms with Crippen LogP contribution in [0.15, 0.2) is 24.3 Å². The number of nitrogens with zero attached hydrogens (tertiary/aromatic N) is 1. The summed E-state index contributed by atoms with van der Waals surface area (Å²) in [7, 11) is 2.11. The summed E-state index contributed by atoms with van der Waals surface area (Å²) in [6.07, 6.45) is -0.371. The van der Waals surface area contributed by atoms with E-state index < -0.39 is 0 Å². The molecular formula is C15H23NOS. The van der Waals surface area contributed by atoms with E-state index in [9.17, 15) is 5.11 Å². The molecule has 3 heteroatoms. The fourth-order valence-corrected chi connectivity index (χ4v) is 3.60. The second kappa shape index (κ2) is 6.09. The van der Waals surface area contributed by atoms with Gasteiger partial charge in [-0.1, -0.05) is 38.1 Å². The highest BCUT2D eigenvalue weighted by atomic mass is 32.2. The topological polar surface area (TPSA) is 23.5 Å². The first-order valence-electron chi connectivity index (χ1n) is 6.65. The lowest BCUT2D eigenvalue weighted by Crippen LogP contribution is -2.43. The number of aliphatic hydroxyl groups is 1. The summed E-state index contributed by atoms with van der Waals surface area (Å²) >= 11 is 1.94. The molecule has 0 saturated carbocycles. The van der Waals surface area contributed by atoms with Gasteiger partial charge in [-0.25, -0.2) is 0 Å². The average molecular weight is 265 g/mol. The summed E-state index contributed by atoms with van der Waals surface area (Å²) in [5, 5.41) is 10.5. The van der Waals surface area contributed by atoms with E-state index in [1.807, 2.05) is 11.8 Å². The number of thioether (sulfide) groups is 1. The second-order valence-electron chi connectivity index (χ2n) is 5.39. The zero-order valence-electron chi connectivity index (χ0n) is 11.5. The lowest BCUT2D eigenvalue weighted by atomic mass is 9.97. The van der Waals surface area contributed by atoms with Crippen molar-refractivity contribution < 1.29 is 5.11 Å². The van der Waals surface area contributed by atoms with Crippen molar-refractivity contribution in [2.45, 2.75) is 31.9 Å². The maximum atomic E-state index is 10.5. The van der Waals surface area contributed by atoms with Crippen molar-refractivity contribution in [3.05, 3.63) is 35.4 Å². The van der Waals surface area contributed by atoms with Crippen LogP contribution in [0.2, 0.25) is 0 Å². The van der Waals surface area contributed by atoms with Gasteiger partial charge in [-0.15, -0.1) is 0 Å². The van der Waals surface area contributed by atoms with Crippen molar-refractivity contribution in [3.8, 4) is 0 Å². The molecule has 1 aliphatic heterocycles. The molecule has 0 radical (unpaired) electrons. The van der Waals surface area contributed by atoms with Crippen molar-refractivity contribution in [1.29, 1.82) is 0 Å². The molecule has 2 rings (SSSR count). The van der Waals surface area contributed by atoms with Gasteiger partial charge in [0.25, 0.3) is 0 Å². The van der Waals surface area contributed by atoms with Crippen LogP contribution in [-0.2, 0) is 0 Å². The Bertz CT molecular complexity index is 377. The zero-order chi connectivity index (χ0) is 13.1. The fraction of sp³-hybridized carbons (Fsp3) is 0.600. The molecule has 1 aromatic carbocycles. The van der Waals surface area contributed by atoms with E-state index in [0.29, 0.717) is 5.92 Å². The van der Waals surface area contributed by atoms with Crippen molar-refractivity contribution in [1.82, 2.24) is 4.90 Å². The molecule has 18 heavy (non-hydrogen) atoms. The molecule has 0 aliphatic carbocycles. The summed E-state index contributed by atoms with van der Waals surface area (Å²) in [6, 6.07) is 8.67. The Hall–Kier alpha value is -0.510. The van der Waals surface area contributed by atoms with Gasteiger partial charge in [-0.3, -0.25) is 4.90 Å². The van der Waals surface area contributed by atoms with Crippen molar-refractivity contribution in [3.63, 3.8) is 0 Å². The minimum absolute atomic E-state index is 0.244. The van der Waals surface area contributed by atoms with Gasteiger partial charge in [0.15, 0.2) is 0 Å². The molecular weight excluding hydrogens is 242 g/mol. The summed E-state index contributed by atoms with van der Waals surface area (Å²) in [5.74, 6) is 2.74. The van der Waals surface area contributed by atoms with Crippen molar-refractivity contribution in [2.24, 2.45) is 0 Å². The first-order valence-corrected chi connectivity index (χ1v) is 7.81. The van der Waals surface area contributed by atoms with E-state index in [1.165, 1.54) is 11.3 Å². The quantitative estimate of drug-likeness (QED) is 0.909. The lowest BCUT2D eigenvalue weighted by molar-refractivity contribution is 0.0758. The van der Waals surface area contributed by atoms with Crippen LogP contribution >= 0.6 is 11.8 Å². The smallest absolute Gasteiger partial charge is 0.0953 e. The van der Waals surface area contributed by atoms with Crippen molar-refractivity contribution >= 4 is 11.8 Å². The number of benzene rings is 1. The van der Waals surface area contributed by atoms with Crippen LogP contribution in [0.25, 0.3) is 0 Å². The Morgan fingerprint density at radius 3 is 2.39 bits per heavy atom. The maximum absolute atomic E-state index is 10.5. The average Bonchev–Trinajstić information content (AvgIpc) is 2.38. The maximum Gasteiger partial charge on any atom is 0.0953 e. The van der Waals surface area contributed by atoms with Crippen LogP contribution in [0.1, 0.15) is 37.0 Å². The van der Waals surface area contributed by atoms with Gasteiger partial charge in [0.1, 0.15) is 0 Å². The Kier molecular flexibility index (Phi) is 4.71. The first-order chi connectivity index (χ1) is 8.59. The van der Waals surface area contributed by atoms with Crippen LogP contribution < -0.4 is 0 Å². The predicted molar refractivity (Wildman–Crippen MR) is 79.2 cm³/mol. The SMILES string of the molecule is CC(C)c1ccc(C(O)C2CSCCN2C)cc1. The lowest BCUT2D eigenvalue weighted by Gasteiger charge is -2.35. The third kappa shape index (κ3) is 3.08. The summed E-state index contributed by atoms with van der Waals surface area (Å²) < 4.78 is 0. The fourth-order valence-electron chi connectivity index (χ4n) is 2.34. The molecule has 1 saturated heterocycles. The van der Waals surface area contributed by atoms with E-state index in [-0.39, 0.29) is 12.1 Å². The number of likely N-dealkylation sites (N-methyl/N-ethyl adjacent to an activating group) is 1. The molecule has 100 valence electrons. The number of hydrogen-bond donors (Lipinski definition) is 1. The molecule has 0 amide bonds. The Morgan fingerprint density at radius 2 is 1.83 bits per heavy atom. The monoisotopic (exact) mass is 265 g/mol. The van der Waals surface area contributed by atoms with Crippen LogP contribution in [0, 0.1) is 0 Å². The Morgan fingerprint density at radius 1 is 1.22 bits per heavy atom. The van der Waals surface area contributed by atoms with E-state index in [4.69, 9.17) is 0 Å². The third-order valence-corrected chi connectivity index (χ3v) is 4.80. The van der Waals surface area contributed by atoms with Gasteiger partial charge >= 0.3 is 0 Å². The standard InChI is InChI=1S/C15H23NOS/c1-11(2)12-4-6-13(7-5-12)15(17)14-10-18-9-8-16(14)3/h4-7,11,14-15,17H,8-10H2,1-3H3. The third-order valence-electron chi connectivity index (χ3n) is 3.75. The van der Waals surface area contributed by atoms with Crippen LogP contribution in [0.5, 0.6) is 0 Å². The molecule has 2 unspecified atom stereocenters. The van der Waals surface area contributed by atoms with Gasteiger partial charge in [0.05, 0.1) is 6.10 Å². The summed E-state index contributed by atoms with van der Waals surface area (Å²) in [6.45, 7) is 5.45. The van der Waals surface area contributed by atoms with Gasteiger partial charge in [0, 0.05) is 24.1 Å². The highest BCUT2D eigenvalue weighted by molar-refractivity contribution is 7.99. The summed E-state index contributed by atoms with van der Waals surface area (Å²) in [4.78, 5) is 2.28. The molecule has 1 aromatic rings. The van der Waals surface area contributed by atoms with Gasteiger partial charge in [-0.2, -0.15) is 11.8 Å². The van der Waals surface area contributed by atoms with Crippen molar-refractivity contribution in [2.75, 3.05) is 25.1 Å². The number of hydrogen-bond acceptors (Lipinski definition) is 3. The van der Waals surface area contributed by atoms with Crippen LogP contribution in [-0.4, -0.2) is 41.1 Å². The minimum Gasteiger partial charge on any atom is -0.387 e. The van der Waals surface area contributed by atoms with Crippen LogP contribution in [0.3, 0.4) is 0 Å². The second-order valence-corrected chi connectivity index (χ2v) is 6.54. The molecule has 1 heterocycles.